The van der Waals surface area contributed by atoms with E-state index in [1.807, 2.05) is 78.9 Å². The van der Waals surface area contributed by atoms with Crippen LogP contribution in [0, 0.1) is 0 Å². The van der Waals surface area contributed by atoms with Gasteiger partial charge < -0.3 is 0 Å². The van der Waals surface area contributed by atoms with Gasteiger partial charge in [0.2, 0.25) is 5.13 Å². The molecule has 2 aromatic heterocycles. The molecule has 0 saturated heterocycles. The summed E-state index contributed by atoms with van der Waals surface area (Å²) in [6.45, 7) is 0. The van der Waals surface area contributed by atoms with Crippen LogP contribution in [0.3, 0.4) is 0 Å². The van der Waals surface area contributed by atoms with E-state index in [9.17, 15) is 4.79 Å². The van der Waals surface area contributed by atoms with Crippen LogP contribution in [-0.2, 0) is 0 Å². The van der Waals surface area contributed by atoms with Gasteiger partial charge in [-0.25, -0.2) is 4.79 Å². The lowest BCUT2D eigenvalue weighted by atomic mass is 10.2. The third kappa shape index (κ3) is 2.67. The van der Waals surface area contributed by atoms with Crippen molar-refractivity contribution in [2.24, 2.45) is 0 Å². The van der Waals surface area contributed by atoms with E-state index in [0.717, 1.165) is 27.4 Å². The Morgan fingerprint density at radius 1 is 0.815 bits per heavy atom. The number of aromatic nitrogens is 3. The predicted molar refractivity (Wildman–Crippen MR) is 109 cm³/mol. The minimum absolute atomic E-state index is 0.247. The standard InChI is InChI=1S/C21H14N4OS/c26-21(23-20-22-19(24-27-20)14-8-2-1-3-9-14)25-17-12-6-4-10-15(17)16-11-5-7-13-18(16)25/h1-13H,(H,22,23,24,26). The molecule has 6 heteroatoms. The van der Waals surface area contributed by atoms with Crippen LogP contribution in [0.25, 0.3) is 33.2 Å². The number of nitrogens with one attached hydrogen (secondary N) is 1. The highest BCUT2D eigenvalue weighted by Gasteiger charge is 2.17. The van der Waals surface area contributed by atoms with Crippen LogP contribution in [-0.4, -0.2) is 20.0 Å². The number of fused-ring (bicyclic) bond motifs is 3. The summed E-state index contributed by atoms with van der Waals surface area (Å²) in [6, 6.07) is 25.2. The second-order valence-corrected chi connectivity index (χ2v) is 6.84. The number of hydrogen-bond donors (Lipinski definition) is 1. The molecule has 0 unspecified atom stereocenters. The Labute approximate surface area is 159 Å². The quantitative estimate of drug-likeness (QED) is 0.453. The maximum atomic E-state index is 13.0. The lowest BCUT2D eigenvalue weighted by Gasteiger charge is -2.05. The molecule has 0 bridgehead atoms. The number of benzene rings is 3. The molecule has 27 heavy (non-hydrogen) atoms. The van der Waals surface area contributed by atoms with Crippen molar-refractivity contribution in [3.63, 3.8) is 0 Å². The Kier molecular flexibility index (Phi) is 3.69. The number of rotatable bonds is 2. The topological polar surface area (TPSA) is 59.8 Å². The van der Waals surface area contributed by atoms with Crippen molar-refractivity contribution in [2.45, 2.75) is 0 Å². The lowest BCUT2D eigenvalue weighted by molar-refractivity contribution is 0.255. The zero-order valence-corrected chi connectivity index (χ0v) is 15.0. The number of amides is 1. The monoisotopic (exact) mass is 370 g/mol. The molecule has 1 amide bonds. The normalized spacial score (nSPS) is 11.1. The summed E-state index contributed by atoms with van der Waals surface area (Å²) >= 11 is 1.17. The molecule has 2 heterocycles. The molecule has 0 atom stereocenters. The smallest absolute Gasteiger partial charge is 0.282 e. The number of nitrogens with zero attached hydrogens (tertiary/aromatic N) is 3. The van der Waals surface area contributed by atoms with Gasteiger partial charge in [-0.05, 0) is 12.1 Å². The first-order valence-corrected chi connectivity index (χ1v) is 9.27. The van der Waals surface area contributed by atoms with E-state index in [2.05, 4.69) is 14.7 Å². The van der Waals surface area contributed by atoms with Crippen LogP contribution >= 0.6 is 11.5 Å². The highest BCUT2D eigenvalue weighted by molar-refractivity contribution is 7.10. The minimum Gasteiger partial charge on any atom is -0.282 e. The van der Waals surface area contributed by atoms with Gasteiger partial charge in [0, 0.05) is 27.9 Å². The van der Waals surface area contributed by atoms with Crippen LogP contribution in [0.2, 0.25) is 0 Å². The number of carbonyl (C=O) groups is 1. The number of hydrogen-bond acceptors (Lipinski definition) is 4. The zero-order chi connectivity index (χ0) is 18.2. The number of anilines is 1. The van der Waals surface area contributed by atoms with Gasteiger partial charge in [-0.2, -0.15) is 9.36 Å². The highest BCUT2D eigenvalue weighted by Crippen LogP contribution is 2.29. The molecule has 5 rings (SSSR count). The molecule has 5 nitrogen and oxygen atoms in total. The van der Waals surface area contributed by atoms with E-state index in [1.54, 1.807) is 4.57 Å². The summed E-state index contributed by atoms with van der Waals surface area (Å²) < 4.78 is 6.04. The molecular weight excluding hydrogens is 356 g/mol. The fourth-order valence-electron chi connectivity index (χ4n) is 3.27. The van der Waals surface area contributed by atoms with Crippen LogP contribution in [0.15, 0.2) is 78.9 Å². The van der Waals surface area contributed by atoms with Crippen LogP contribution in [0.4, 0.5) is 9.93 Å². The SMILES string of the molecule is O=C(Nc1nc(-c2ccccc2)ns1)n1c2ccccc2c2ccccc21. The summed E-state index contributed by atoms with van der Waals surface area (Å²) in [5, 5.41) is 5.45. The maximum absolute atomic E-state index is 13.0. The summed E-state index contributed by atoms with van der Waals surface area (Å²) in [6.07, 6.45) is 0. The van der Waals surface area contributed by atoms with Gasteiger partial charge in [0.25, 0.3) is 0 Å². The summed E-state index contributed by atoms with van der Waals surface area (Å²) in [4.78, 5) is 17.5. The van der Waals surface area contributed by atoms with Crippen molar-refractivity contribution in [1.29, 1.82) is 0 Å². The molecule has 0 spiro atoms. The molecule has 5 aromatic rings. The van der Waals surface area contributed by atoms with Crippen molar-refractivity contribution in [2.75, 3.05) is 5.32 Å². The van der Waals surface area contributed by atoms with E-state index < -0.39 is 0 Å². The second kappa shape index (κ2) is 6.34. The van der Waals surface area contributed by atoms with Crippen molar-refractivity contribution < 1.29 is 4.79 Å². The largest absolute Gasteiger partial charge is 0.332 e. The van der Waals surface area contributed by atoms with E-state index in [-0.39, 0.29) is 6.03 Å². The van der Waals surface area contributed by atoms with E-state index >= 15 is 0 Å². The molecule has 3 aromatic carbocycles. The van der Waals surface area contributed by atoms with Crippen molar-refractivity contribution in [1.82, 2.24) is 13.9 Å². The van der Waals surface area contributed by atoms with Crippen molar-refractivity contribution in [3.8, 4) is 11.4 Å². The Morgan fingerprint density at radius 2 is 1.41 bits per heavy atom. The molecular formula is C21H14N4OS. The van der Waals surface area contributed by atoms with Gasteiger partial charge >= 0.3 is 6.03 Å². The van der Waals surface area contributed by atoms with Crippen LogP contribution < -0.4 is 5.32 Å². The zero-order valence-electron chi connectivity index (χ0n) is 14.2. The Hall–Kier alpha value is -3.51. The molecule has 0 saturated carbocycles. The summed E-state index contributed by atoms with van der Waals surface area (Å²) in [5.41, 5.74) is 2.65. The third-order valence-corrected chi connectivity index (χ3v) is 5.09. The van der Waals surface area contributed by atoms with Gasteiger partial charge in [0.15, 0.2) is 5.82 Å². The van der Waals surface area contributed by atoms with Crippen LogP contribution in [0.5, 0.6) is 0 Å². The fraction of sp³-hybridized carbons (Fsp3) is 0. The molecule has 0 aliphatic rings. The number of carbonyl (C=O) groups excluding carboxylic acids is 1. The van der Waals surface area contributed by atoms with E-state index in [1.165, 1.54) is 11.5 Å². The van der Waals surface area contributed by atoms with Crippen molar-refractivity contribution >= 4 is 44.5 Å². The first-order valence-electron chi connectivity index (χ1n) is 8.50. The van der Waals surface area contributed by atoms with Crippen LogP contribution in [0.1, 0.15) is 0 Å². The first-order chi connectivity index (χ1) is 13.3. The Balaban J connectivity index is 1.54. The average Bonchev–Trinajstić information content (AvgIpc) is 3.31. The molecule has 130 valence electrons. The predicted octanol–water partition coefficient (Wildman–Crippen LogP) is 5.39. The lowest BCUT2D eigenvalue weighted by Crippen LogP contribution is -2.18. The average molecular weight is 370 g/mol. The third-order valence-electron chi connectivity index (χ3n) is 4.46. The van der Waals surface area contributed by atoms with Gasteiger partial charge in [-0.15, -0.1) is 0 Å². The summed E-state index contributed by atoms with van der Waals surface area (Å²) in [7, 11) is 0. The maximum Gasteiger partial charge on any atom is 0.332 e. The number of para-hydroxylation sites is 2. The van der Waals surface area contributed by atoms with E-state index in [4.69, 9.17) is 0 Å². The van der Waals surface area contributed by atoms with Crippen molar-refractivity contribution in [3.05, 3.63) is 78.9 Å². The molecule has 0 aliphatic carbocycles. The first kappa shape index (κ1) is 15.7. The Morgan fingerprint density at radius 3 is 2.07 bits per heavy atom. The molecule has 0 aliphatic heterocycles. The Bertz CT molecular complexity index is 1220. The van der Waals surface area contributed by atoms with Gasteiger partial charge in [0.1, 0.15) is 0 Å². The van der Waals surface area contributed by atoms with Gasteiger partial charge in [0.05, 0.1) is 11.0 Å². The van der Waals surface area contributed by atoms with E-state index in [0.29, 0.717) is 11.0 Å². The molecule has 0 fully saturated rings. The van der Waals surface area contributed by atoms with Gasteiger partial charge in [-0.3, -0.25) is 9.88 Å². The fourth-order valence-corrected chi connectivity index (χ4v) is 3.85. The minimum atomic E-state index is -0.247. The van der Waals surface area contributed by atoms with Gasteiger partial charge in [-0.1, -0.05) is 66.7 Å². The molecule has 0 radical (unpaired) electrons. The summed E-state index contributed by atoms with van der Waals surface area (Å²) in [5.74, 6) is 0.609. The molecule has 1 N–H and O–H groups in total. The highest BCUT2D eigenvalue weighted by atomic mass is 32.1. The second-order valence-electron chi connectivity index (χ2n) is 6.09.